The van der Waals surface area contributed by atoms with E-state index in [4.69, 9.17) is 14.2 Å². The van der Waals surface area contributed by atoms with Crippen molar-refractivity contribution in [2.75, 3.05) is 92.4 Å². The van der Waals surface area contributed by atoms with E-state index in [0.29, 0.717) is 41.5 Å². The van der Waals surface area contributed by atoms with E-state index in [1.165, 1.54) is 30.2 Å². The molecule has 1 amide bonds. The van der Waals surface area contributed by atoms with Crippen LogP contribution in [0.4, 0.5) is 0 Å². The number of rotatable bonds is 10. The molecule has 0 spiro atoms. The predicted octanol–water partition coefficient (Wildman–Crippen LogP) is 0.958. The Kier molecular flexibility index (Phi) is 9.82. The SMILES string of the molecule is COc1cc(C)c(S(=O)(=O)N2CCOC[C@H]2COCC(=O)N2CCN(CCN3CCCC3)CC2)c(C)c1. The summed E-state index contributed by atoms with van der Waals surface area (Å²) in [6, 6.07) is 2.97. The highest BCUT2D eigenvalue weighted by atomic mass is 32.2. The molecule has 0 bridgehead atoms. The number of morpholine rings is 1. The van der Waals surface area contributed by atoms with Crippen LogP contribution in [0.3, 0.4) is 0 Å². The summed E-state index contributed by atoms with van der Waals surface area (Å²) in [5.41, 5.74) is 1.27. The molecule has 0 aliphatic carbocycles. The normalized spacial score (nSPS) is 22.5. The maximum absolute atomic E-state index is 13.6. The molecule has 1 atom stereocenters. The topological polar surface area (TPSA) is 91.9 Å². The number of likely N-dealkylation sites (tertiary alicyclic amines) is 1. The van der Waals surface area contributed by atoms with Crippen LogP contribution in [-0.2, 0) is 24.3 Å². The Bertz CT molecular complexity index is 999. The molecule has 0 aromatic heterocycles. The van der Waals surface area contributed by atoms with Crippen molar-refractivity contribution in [2.45, 2.75) is 37.6 Å². The molecule has 3 aliphatic heterocycles. The number of aryl methyl sites for hydroxylation is 2. The first kappa shape index (κ1) is 28.3. The van der Waals surface area contributed by atoms with Crippen molar-refractivity contribution in [3.63, 3.8) is 0 Å². The number of carbonyl (C=O) groups excluding carboxylic acids is 1. The number of amides is 1. The first-order valence-electron chi connectivity index (χ1n) is 13.3. The van der Waals surface area contributed by atoms with Gasteiger partial charge in [-0.15, -0.1) is 0 Å². The average molecular weight is 539 g/mol. The molecule has 208 valence electrons. The van der Waals surface area contributed by atoms with E-state index in [9.17, 15) is 13.2 Å². The van der Waals surface area contributed by atoms with E-state index in [1.54, 1.807) is 33.1 Å². The van der Waals surface area contributed by atoms with Crippen LogP contribution < -0.4 is 4.74 Å². The maximum atomic E-state index is 13.6. The van der Waals surface area contributed by atoms with Gasteiger partial charge in [-0.05, 0) is 63.0 Å². The summed E-state index contributed by atoms with van der Waals surface area (Å²) >= 11 is 0. The quantitative estimate of drug-likeness (QED) is 0.435. The summed E-state index contributed by atoms with van der Waals surface area (Å²) in [6.45, 7) is 12.1. The third-order valence-electron chi connectivity index (χ3n) is 7.60. The van der Waals surface area contributed by atoms with Crippen LogP contribution in [-0.4, -0.2) is 132 Å². The van der Waals surface area contributed by atoms with Gasteiger partial charge in [-0.25, -0.2) is 8.42 Å². The van der Waals surface area contributed by atoms with Crippen molar-refractivity contribution in [1.29, 1.82) is 0 Å². The third kappa shape index (κ3) is 7.01. The molecule has 10 nitrogen and oxygen atoms in total. The lowest BCUT2D eigenvalue weighted by molar-refractivity contribution is -0.138. The summed E-state index contributed by atoms with van der Waals surface area (Å²) < 4.78 is 45.4. The maximum Gasteiger partial charge on any atom is 0.248 e. The fourth-order valence-electron chi connectivity index (χ4n) is 5.52. The Labute approximate surface area is 221 Å². The first-order chi connectivity index (χ1) is 17.8. The highest BCUT2D eigenvalue weighted by molar-refractivity contribution is 7.89. The van der Waals surface area contributed by atoms with Crippen LogP contribution in [0.15, 0.2) is 17.0 Å². The second kappa shape index (κ2) is 12.9. The number of piperazine rings is 1. The minimum absolute atomic E-state index is 0.0489. The molecule has 0 saturated carbocycles. The number of carbonyl (C=O) groups is 1. The molecule has 3 saturated heterocycles. The molecule has 37 heavy (non-hydrogen) atoms. The number of ether oxygens (including phenoxy) is 3. The number of hydrogen-bond acceptors (Lipinski definition) is 8. The molecule has 1 aromatic carbocycles. The zero-order chi connectivity index (χ0) is 26.4. The van der Waals surface area contributed by atoms with Gasteiger partial charge in [-0.2, -0.15) is 4.31 Å². The van der Waals surface area contributed by atoms with Crippen molar-refractivity contribution in [3.8, 4) is 5.75 Å². The van der Waals surface area contributed by atoms with Crippen molar-refractivity contribution in [2.24, 2.45) is 0 Å². The zero-order valence-corrected chi connectivity index (χ0v) is 23.3. The number of hydrogen-bond donors (Lipinski definition) is 0. The minimum Gasteiger partial charge on any atom is -0.497 e. The fourth-order valence-corrected chi connectivity index (χ4v) is 7.52. The summed E-state index contributed by atoms with van der Waals surface area (Å²) in [7, 11) is -2.21. The van der Waals surface area contributed by atoms with Crippen molar-refractivity contribution in [3.05, 3.63) is 23.3 Å². The van der Waals surface area contributed by atoms with Crippen molar-refractivity contribution >= 4 is 15.9 Å². The summed E-state index contributed by atoms with van der Waals surface area (Å²) in [5.74, 6) is 0.578. The minimum atomic E-state index is -3.77. The number of methoxy groups -OCH3 is 1. The van der Waals surface area contributed by atoms with Gasteiger partial charge in [-0.1, -0.05) is 0 Å². The number of sulfonamides is 1. The lowest BCUT2D eigenvalue weighted by Gasteiger charge is -2.36. The largest absolute Gasteiger partial charge is 0.497 e. The molecular formula is C26H42N4O6S. The van der Waals surface area contributed by atoms with Crippen LogP contribution in [0.1, 0.15) is 24.0 Å². The number of nitrogens with zero attached hydrogens (tertiary/aromatic N) is 4. The second-order valence-electron chi connectivity index (χ2n) is 10.2. The standard InChI is InChI=1S/C26H42N4O6S/c1-21-16-24(34-3)17-22(2)26(21)37(32,33)30-14-15-35-18-23(30)19-36-20-25(31)29-12-10-28(11-13-29)9-8-27-6-4-5-7-27/h16-17,23H,4-15,18-20H2,1-3H3/t23-/m0/s1. The Morgan fingerprint density at radius 2 is 1.59 bits per heavy atom. The second-order valence-corrected chi connectivity index (χ2v) is 12.0. The third-order valence-corrected chi connectivity index (χ3v) is 9.86. The van der Waals surface area contributed by atoms with E-state index >= 15 is 0 Å². The molecule has 4 rings (SSSR count). The molecular weight excluding hydrogens is 496 g/mol. The monoisotopic (exact) mass is 538 g/mol. The van der Waals surface area contributed by atoms with E-state index < -0.39 is 16.1 Å². The van der Waals surface area contributed by atoms with Gasteiger partial charge in [0, 0.05) is 45.8 Å². The van der Waals surface area contributed by atoms with E-state index in [2.05, 4.69) is 9.80 Å². The van der Waals surface area contributed by atoms with Crippen molar-refractivity contribution in [1.82, 2.24) is 19.0 Å². The van der Waals surface area contributed by atoms with Gasteiger partial charge >= 0.3 is 0 Å². The molecule has 3 heterocycles. The number of benzene rings is 1. The highest BCUT2D eigenvalue weighted by Gasteiger charge is 2.36. The lowest BCUT2D eigenvalue weighted by atomic mass is 10.1. The van der Waals surface area contributed by atoms with Crippen LogP contribution in [0, 0.1) is 13.8 Å². The van der Waals surface area contributed by atoms with Crippen LogP contribution >= 0.6 is 0 Å². The summed E-state index contributed by atoms with van der Waals surface area (Å²) in [6.07, 6.45) is 2.61. The van der Waals surface area contributed by atoms with Gasteiger partial charge in [0.05, 0.1) is 37.9 Å². The van der Waals surface area contributed by atoms with Crippen LogP contribution in [0.25, 0.3) is 0 Å². The van der Waals surface area contributed by atoms with E-state index in [0.717, 1.165) is 26.2 Å². The molecule has 0 N–H and O–H groups in total. The van der Waals surface area contributed by atoms with Gasteiger partial charge in [0.15, 0.2) is 0 Å². The zero-order valence-electron chi connectivity index (χ0n) is 22.5. The highest BCUT2D eigenvalue weighted by Crippen LogP contribution is 2.30. The molecule has 1 aromatic rings. The van der Waals surface area contributed by atoms with Gasteiger partial charge < -0.3 is 24.0 Å². The van der Waals surface area contributed by atoms with Crippen LogP contribution in [0.5, 0.6) is 5.75 Å². The molecule has 11 heteroatoms. The molecule has 0 radical (unpaired) electrons. The Hall–Kier alpha value is -1.76. The lowest BCUT2D eigenvalue weighted by Crippen LogP contribution is -2.52. The van der Waals surface area contributed by atoms with Crippen molar-refractivity contribution < 1.29 is 27.4 Å². The smallest absolute Gasteiger partial charge is 0.248 e. The van der Waals surface area contributed by atoms with Gasteiger partial charge in [0.1, 0.15) is 12.4 Å². The molecule has 3 aliphatic rings. The van der Waals surface area contributed by atoms with Gasteiger partial charge in [-0.3, -0.25) is 9.69 Å². The fraction of sp³-hybridized carbons (Fsp3) is 0.731. The first-order valence-corrected chi connectivity index (χ1v) is 14.8. The van der Waals surface area contributed by atoms with Crippen LogP contribution in [0.2, 0.25) is 0 Å². The Morgan fingerprint density at radius 1 is 0.973 bits per heavy atom. The molecule has 0 unspecified atom stereocenters. The van der Waals surface area contributed by atoms with E-state index in [1.807, 2.05) is 4.90 Å². The van der Waals surface area contributed by atoms with Gasteiger partial charge in [0.25, 0.3) is 0 Å². The predicted molar refractivity (Wildman–Crippen MR) is 140 cm³/mol. The average Bonchev–Trinajstić information content (AvgIpc) is 3.41. The summed E-state index contributed by atoms with van der Waals surface area (Å²) in [5, 5.41) is 0. The Balaban J connectivity index is 1.27. The Morgan fingerprint density at radius 3 is 2.22 bits per heavy atom. The van der Waals surface area contributed by atoms with Gasteiger partial charge in [0.2, 0.25) is 15.9 Å². The summed E-state index contributed by atoms with van der Waals surface area (Å²) in [4.78, 5) is 19.8. The molecule has 3 fully saturated rings. The van der Waals surface area contributed by atoms with E-state index in [-0.39, 0.29) is 32.3 Å².